The molecule has 1 saturated carbocycles. The largest absolute Gasteiger partial charge is 0.488 e. The van der Waals surface area contributed by atoms with E-state index in [4.69, 9.17) is 16.3 Å². The summed E-state index contributed by atoms with van der Waals surface area (Å²) in [5, 5.41) is 3.01. The average molecular weight is 433 g/mol. The Labute approximate surface area is 176 Å². The number of aromatic nitrogens is 1. The van der Waals surface area contributed by atoms with E-state index in [0.717, 1.165) is 31.7 Å². The van der Waals surface area contributed by atoms with Gasteiger partial charge in [0.1, 0.15) is 28.8 Å². The van der Waals surface area contributed by atoms with Crippen molar-refractivity contribution in [3.8, 4) is 5.75 Å². The Morgan fingerprint density at radius 1 is 1.20 bits per heavy atom. The number of anilines is 2. The molecule has 2 N–H and O–H groups in total. The van der Waals surface area contributed by atoms with Crippen molar-refractivity contribution in [3.05, 3.63) is 62.8 Å². The minimum absolute atomic E-state index is 0.0101. The molecule has 0 bridgehead atoms. The molecule has 156 valence electrons. The van der Waals surface area contributed by atoms with Gasteiger partial charge in [0.15, 0.2) is 5.78 Å². The zero-order chi connectivity index (χ0) is 21.4. The Hall–Kier alpha value is -2.93. The number of carbonyl (C=O) groups excluding carboxylic acids is 1. The lowest BCUT2D eigenvalue weighted by atomic mass is 10.1. The fourth-order valence-corrected chi connectivity index (χ4v) is 4.01. The quantitative estimate of drug-likeness (QED) is 0.505. The van der Waals surface area contributed by atoms with Crippen LogP contribution < -0.4 is 15.5 Å². The molecule has 0 saturated heterocycles. The number of ketones is 1. The summed E-state index contributed by atoms with van der Waals surface area (Å²) in [5.41, 5.74) is -0.571. The van der Waals surface area contributed by atoms with Crippen LogP contribution in [0.3, 0.4) is 0 Å². The first-order chi connectivity index (χ1) is 14.3. The number of aromatic amines is 1. The topological polar surface area (TPSA) is 71.2 Å². The molecule has 0 atom stereocenters. The summed E-state index contributed by atoms with van der Waals surface area (Å²) >= 11 is 6.27. The standard InChI is InChI=1S/C22H19ClF2N2O3/c1-11(28)18-21(29)19-14(23)7-9-17(30-13-4-2-3-5-13)20(19)27-22(18)26-16-8-6-12(24)10-15(16)25/h6-10,13H,2-5H2,1H3,(H2,26,27,29). The number of nitrogens with one attached hydrogen (secondary N) is 2. The van der Waals surface area contributed by atoms with Crippen LogP contribution >= 0.6 is 11.6 Å². The number of fused-ring (bicyclic) bond motifs is 1. The molecule has 8 heteroatoms. The second-order valence-corrected chi connectivity index (χ2v) is 7.74. The van der Waals surface area contributed by atoms with Crippen LogP contribution in [0.4, 0.5) is 20.3 Å². The molecule has 0 amide bonds. The molecule has 5 nitrogen and oxygen atoms in total. The summed E-state index contributed by atoms with van der Waals surface area (Å²) < 4.78 is 33.5. The van der Waals surface area contributed by atoms with E-state index in [1.165, 1.54) is 13.0 Å². The van der Waals surface area contributed by atoms with Crippen molar-refractivity contribution in [3.63, 3.8) is 0 Å². The highest BCUT2D eigenvalue weighted by atomic mass is 35.5. The number of halogens is 3. The van der Waals surface area contributed by atoms with Gasteiger partial charge in [-0.15, -0.1) is 0 Å². The molecule has 1 aliphatic rings. The molecule has 30 heavy (non-hydrogen) atoms. The van der Waals surface area contributed by atoms with Gasteiger partial charge in [0.2, 0.25) is 5.43 Å². The highest BCUT2D eigenvalue weighted by Crippen LogP contribution is 2.34. The minimum Gasteiger partial charge on any atom is -0.488 e. The Morgan fingerprint density at radius 3 is 2.60 bits per heavy atom. The van der Waals surface area contributed by atoms with Crippen LogP contribution in [0.5, 0.6) is 5.75 Å². The number of Topliss-reactive ketones (excluding diaryl/α,β-unsaturated/α-hetero) is 1. The van der Waals surface area contributed by atoms with Crippen LogP contribution in [0.1, 0.15) is 43.0 Å². The van der Waals surface area contributed by atoms with Crippen molar-refractivity contribution in [1.82, 2.24) is 4.98 Å². The van der Waals surface area contributed by atoms with Crippen LogP contribution in [0, 0.1) is 11.6 Å². The maximum atomic E-state index is 14.2. The molecule has 1 heterocycles. The maximum Gasteiger partial charge on any atom is 0.204 e. The summed E-state index contributed by atoms with van der Waals surface area (Å²) in [4.78, 5) is 28.4. The van der Waals surface area contributed by atoms with E-state index in [-0.39, 0.29) is 33.6 Å². The van der Waals surface area contributed by atoms with Gasteiger partial charge in [-0.3, -0.25) is 9.59 Å². The van der Waals surface area contributed by atoms with E-state index in [2.05, 4.69) is 10.3 Å². The van der Waals surface area contributed by atoms with Gasteiger partial charge in [-0.05, 0) is 56.9 Å². The smallest absolute Gasteiger partial charge is 0.204 e. The van der Waals surface area contributed by atoms with E-state index in [1.54, 1.807) is 12.1 Å². The normalized spacial score (nSPS) is 14.3. The summed E-state index contributed by atoms with van der Waals surface area (Å²) in [5.74, 6) is -1.71. The number of rotatable bonds is 5. The summed E-state index contributed by atoms with van der Waals surface area (Å²) in [6.07, 6.45) is 3.98. The van der Waals surface area contributed by atoms with Crippen molar-refractivity contribution in [2.45, 2.75) is 38.7 Å². The predicted molar refractivity (Wildman–Crippen MR) is 112 cm³/mol. The lowest BCUT2D eigenvalue weighted by Gasteiger charge is -2.18. The fraction of sp³-hybridized carbons (Fsp3) is 0.273. The number of hydrogen-bond donors (Lipinski definition) is 2. The first kappa shape index (κ1) is 20.3. The van der Waals surface area contributed by atoms with Gasteiger partial charge < -0.3 is 15.0 Å². The molecule has 4 rings (SSSR count). The third kappa shape index (κ3) is 3.77. The molecule has 3 aromatic rings. The molecule has 0 radical (unpaired) electrons. The van der Waals surface area contributed by atoms with Crippen molar-refractivity contribution >= 4 is 39.8 Å². The molecular weight excluding hydrogens is 414 g/mol. The number of benzene rings is 2. The fourth-order valence-electron chi connectivity index (χ4n) is 3.77. The third-order valence-electron chi connectivity index (χ3n) is 5.21. The number of pyridine rings is 1. The number of hydrogen-bond acceptors (Lipinski definition) is 4. The van der Waals surface area contributed by atoms with E-state index in [1.807, 2.05) is 0 Å². The SMILES string of the molecule is CC(=O)c1c(Nc2ccc(F)cc2F)[nH]c2c(OC3CCCC3)ccc(Cl)c2c1=O. The van der Waals surface area contributed by atoms with Gasteiger partial charge in [0.05, 0.1) is 27.7 Å². The van der Waals surface area contributed by atoms with Crippen LogP contribution in [-0.4, -0.2) is 16.9 Å². The van der Waals surface area contributed by atoms with Crippen molar-refractivity contribution < 1.29 is 18.3 Å². The second-order valence-electron chi connectivity index (χ2n) is 7.33. The molecule has 2 aromatic carbocycles. The van der Waals surface area contributed by atoms with Crippen LogP contribution in [-0.2, 0) is 0 Å². The number of ether oxygens (including phenoxy) is 1. The second kappa shape index (κ2) is 8.07. The average Bonchev–Trinajstić information content (AvgIpc) is 3.19. The van der Waals surface area contributed by atoms with Gasteiger partial charge in [0.25, 0.3) is 0 Å². The van der Waals surface area contributed by atoms with Gasteiger partial charge in [-0.2, -0.15) is 0 Å². The third-order valence-corrected chi connectivity index (χ3v) is 5.52. The van der Waals surface area contributed by atoms with E-state index >= 15 is 0 Å². The summed E-state index contributed by atoms with van der Waals surface area (Å²) in [7, 11) is 0. The maximum absolute atomic E-state index is 14.2. The highest BCUT2D eigenvalue weighted by molar-refractivity contribution is 6.35. The Morgan fingerprint density at radius 2 is 1.93 bits per heavy atom. The van der Waals surface area contributed by atoms with Gasteiger partial charge in [-0.25, -0.2) is 8.78 Å². The van der Waals surface area contributed by atoms with Crippen LogP contribution in [0.2, 0.25) is 5.02 Å². The molecule has 1 fully saturated rings. The van der Waals surface area contributed by atoms with Crippen LogP contribution in [0.25, 0.3) is 10.9 Å². The highest BCUT2D eigenvalue weighted by Gasteiger charge is 2.23. The Balaban J connectivity index is 1.90. The van der Waals surface area contributed by atoms with E-state index in [0.29, 0.717) is 17.3 Å². The first-order valence-electron chi connectivity index (χ1n) is 9.63. The van der Waals surface area contributed by atoms with Crippen LogP contribution in [0.15, 0.2) is 35.1 Å². The van der Waals surface area contributed by atoms with Gasteiger partial charge in [-0.1, -0.05) is 11.6 Å². The molecule has 0 unspecified atom stereocenters. The zero-order valence-corrected chi connectivity index (χ0v) is 16.9. The summed E-state index contributed by atoms with van der Waals surface area (Å²) in [6, 6.07) is 6.18. The van der Waals surface area contributed by atoms with Crippen molar-refractivity contribution in [1.29, 1.82) is 0 Å². The van der Waals surface area contributed by atoms with E-state index in [9.17, 15) is 18.4 Å². The lowest BCUT2D eigenvalue weighted by molar-refractivity contribution is 0.101. The molecule has 1 aliphatic carbocycles. The predicted octanol–water partition coefficient (Wildman–Crippen LogP) is 5.73. The minimum atomic E-state index is -0.862. The first-order valence-corrected chi connectivity index (χ1v) is 10.0. The van der Waals surface area contributed by atoms with E-state index < -0.39 is 22.8 Å². The monoisotopic (exact) mass is 432 g/mol. The molecular formula is C22H19ClF2N2O3. The van der Waals surface area contributed by atoms with Crippen molar-refractivity contribution in [2.24, 2.45) is 0 Å². The molecule has 0 spiro atoms. The van der Waals surface area contributed by atoms with Crippen molar-refractivity contribution in [2.75, 3.05) is 5.32 Å². The number of carbonyl (C=O) groups is 1. The zero-order valence-electron chi connectivity index (χ0n) is 16.2. The number of H-pyrrole nitrogens is 1. The molecule has 1 aromatic heterocycles. The summed E-state index contributed by atoms with van der Waals surface area (Å²) in [6.45, 7) is 1.23. The lowest BCUT2D eigenvalue weighted by Crippen LogP contribution is -2.19. The Bertz CT molecular complexity index is 1200. The molecule has 0 aliphatic heterocycles. The Kier molecular flexibility index (Phi) is 5.47. The van der Waals surface area contributed by atoms with Gasteiger partial charge >= 0.3 is 0 Å². The van der Waals surface area contributed by atoms with Gasteiger partial charge in [0, 0.05) is 6.07 Å².